The van der Waals surface area contributed by atoms with E-state index in [1.165, 1.54) is 7.11 Å². The Bertz CT molecular complexity index is 938. The van der Waals surface area contributed by atoms with E-state index in [1.807, 2.05) is 18.2 Å². The SMILES string of the molecule is COC(C(=O)NCc1ccc(C(=O)N[C@H](CN=[N+]=[N-])CC(=O)O)cc1)c1ccccc1. The molecule has 2 aromatic rings. The lowest BCUT2D eigenvalue weighted by Crippen LogP contribution is -2.38. The molecule has 2 amide bonds. The molecule has 0 fully saturated rings. The van der Waals surface area contributed by atoms with Crippen LogP contribution in [0.1, 0.15) is 34.0 Å². The van der Waals surface area contributed by atoms with Gasteiger partial charge in [-0.15, -0.1) is 0 Å². The van der Waals surface area contributed by atoms with E-state index in [0.717, 1.165) is 11.1 Å². The summed E-state index contributed by atoms with van der Waals surface area (Å²) in [4.78, 5) is 38.3. The Hall–Kier alpha value is -3.88. The zero-order valence-electron chi connectivity index (χ0n) is 16.9. The third-order valence-electron chi connectivity index (χ3n) is 4.38. The number of aliphatic carboxylic acids is 1. The van der Waals surface area contributed by atoms with Crippen molar-refractivity contribution in [2.75, 3.05) is 13.7 Å². The molecule has 162 valence electrons. The normalized spacial score (nSPS) is 12.2. The summed E-state index contributed by atoms with van der Waals surface area (Å²) in [5.74, 6) is -1.89. The van der Waals surface area contributed by atoms with Crippen molar-refractivity contribution < 1.29 is 24.2 Å². The van der Waals surface area contributed by atoms with Gasteiger partial charge in [0.25, 0.3) is 11.8 Å². The van der Waals surface area contributed by atoms with Crippen LogP contribution >= 0.6 is 0 Å². The van der Waals surface area contributed by atoms with Crippen molar-refractivity contribution in [3.63, 3.8) is 0 Å². The molecule has 3 N–H and O–H groups in total. The fourth-order valence-corrected chi connectivity index (χ4v) is 2.85. The molecule has 0 aliphatic rings. The highest BCUT2D eigenvalue weighted by Crippen LogP contribution is 2.16. The van der Waals surface area contributed by atoms with Crippen LogP contribution in [0.2, 0.25) is 0 Å². The number of carboxylic acid groups (broad SMARTS) is 1. The van der Waals surface area contributed by atoms with Crippen LogP contribution in [-0.4, -0.2) is 42.6 Å². The molecular weight excluding hydrogens is 402 g/mol. The van der Waals surface area contributed by atoms with E-state index >= 15 is 0 Å². The van der Waals surface area contributed by atoms with Gasteiger partial charge >= 0.3 is 5.97 Å². The van der Waals surface area contributed by atoms with Crippen LogP contribution in [-0.2, 0) is 20.9 Å². The van der Waals surface area contributed by atoms with E-state index in [9.17, 15) is 14.4 Å². The Morgan fingerprint density at radius 1 is 1.13 bits per heavy atom. The Labute approximate surface area is 178 Å². The van der Waals surface area contributed by atoms with E-state index in [0.29, 0.717) is 5.56 Å². The summed E-state index contributed by atoms with van der Waals surface area (Å²) in [7, 11) is 1.46. The third kappa shape index (κ3) is 7.46. The van der Waals surface area contributed by atoms with E-state index < -0.39 is 24.0 Å². The molecule has 0 saturated carbocycles. The van der Waals surface area contributed by atoms with Crippen molar-refractivity contribution in [1.82, 2.24) is 10.6 Å². The second-order valence-corrected chi connectivity index (χ2v) is 6.62. The van der Waals surface area contributed by atoms with Gasteiger partial charge in [-0.05, 0) is 28.8 Å². The topological polar surface area (TPSA) is 153 Å². The maximum Gasteiger partial charge on any atom is 0.305 e. The highest BCUT2D eigenvalue weighted by atomic mass is 16.5. The van der Waals surface area contributed by atoms with Gasteiger partial charge in [-0.2, -0.15) is 0 Å². The van der Waals surface area contributed by atoms with Gasteiger partial charge in [-0.1, -0.05) is 47.6 Å². The van der Waals surface area contributed by atoms with E-state index in [4.69, 9.17) is 15.4 Å². The van der Waals surface area contributed by atoms with Gasteiger partial charge in [0.2, 0.25) is 0 Å². The number of methoxy groups -OCH3 is 1. The number of hydrogen-bond donors (Lipinski definition) is 3. The number of amides is 2. The number of rotatable bonds is 11. The first-order valence-corrected chi connectivity index (χ1v) is 9.42. The number of carbonyl (C=O) groups is 3. The van der Waals surface area contributed by atoms with Crippen LogP contribution in [0.3, 0.4) is 0 Å². The quantitative estimate of drug-likeness (QED) is 0.287. The molecule has 10 nitrogen and oxygen atoms in total. The van der Waals surface area contributed by atoms with Crippen molar-refractivity contribution in [2.24, 2.45) is 5.11 Å². The number of nitrogens with one attached hydrogen (secondary N) is 2. The molecule has 2 aromatic carbocycles. The van der Waals surface area contributed by atoms with Crippen molar-refractivity contribution in [3.8, 4) is 0 Å². The molecule has 0 bridgehead atoms. The average molecular weight is 425 g/mol. The molecule has 2 atom stereocenters. The summed E-state index contributed by atoms with van der Waals surface area (Å²) < 4.78 is 5.29. The zero-order valence-corrected chi connectivity index (χ0v) is 16.9. The number of benzene rings is 2. The summed E-state index contributed by atoms with van der Waals surface area (Å²) in [6.45, 7) is 0.0761. The average Bonchev–Trinajstić information content (AvgIpc) is 2.77. The van der Waals surface area contributed by atoms with Crippen LogP contribution in [0.4, 0.5) is 0 Å². The van der Waals surface area contributed by atoms with Gasteiger partial charge in [0.15, 0.2) is 6.10 Å². The summed E-state index contributed by atoms with van der Waals surface area (Å²) in [5.41, 5.74) is 10.2. The fraction of sp³-hybridized carbons (Fsp3) is 0.286. The number of carbonyl (C=O) groups excluding carboxylic acids is 2. The lowest BCUT2D eigenvalue weighted by atomic mass is 10.1. The van der Waals surface area contributed by atoms with Gasteiger partial charge in [0.1, 0.15) is 0 Å². The van der Waals surface area contributed by atoms with Crippen LogP contribution in [0.15, 0.2) is 59.7 Å². The largest absolute Gasteiger partial charge is 0.481 e. The number of hydrogen-bond acceptors (Lipinski definition) is 5. The standard InChI is InChI=1S/C21H23N5O5/c1-31-19(15-5-3-2-4-6-15)21(30)23-12-14-7-9-16(10-8-14)20(29)25-17(11-18(27)28)13-24-26-22/h2-10,17,19H,11-13H2,1H3,(H,23,30)(H,25,29)(H,27,28)/t17-,19?/m0/s1. The fourth-order valence-electron chi connectivity index (χ4n) is 2.85. The lowest BCUT2D eigenvalue weighted by molar-refractivity contribution is -0.137. The molecule has 0 radical (unpaired) electrons. The Morgan fingerprint density at radius 3 is 2.39 bits per heavy atom. The van der Waals surface area contributed by atoms with E-state index in [1.54, 1.807) is 36.4 Å². The first kappa shape index (κ1) is 23.4. The molecule has 0 heterocycles. The molecule has 0 aliphatic carbocycles. The minimum atomic E-state index is -1.12. The summed E-state index contributed by atoms with van der Waals surface area (Å²) in [6.07, 6.45) is -1.09. The number of ether oxygens (including phenoxy) is 1. The van der Waals surface area contributed by atoms with Gasteiger partial charge < -0.3 is 20.5 Å². The molecule has 0 aromatic heterocycles. The minimum absolute atomic E-state index is 0.166. The van der Waals surface area contributed by atoms with E-state index in [-0.39, 0.29) is 25.4 Å². The molecule has 2 rings (SSSR count). The van der Waals surface area contributed by atoms with E-state index in [2.05, 4.69) is 20.7 Å². The number of nitrogens with zero attached hydrogens (tertiary/aromatic N) is 3. The minimum Gasteiger partial charge on any atom is -0.481 e. The maximum atomic E-state index is 12.4. The Balaban J connectivity index is 1.94. The van der Waals surface area contributed by atoms with Crippen molar-refractivity contribution in [2.45, 2.75) is 25.1 Å². The molecule has 0 aliphatic heterocycles. The van der Waals surface area contributed by atoms with Crippen molar-refractivity contribution >= 4 is 17.8 Å². The second kappa shape index (κ2) is 12.0. The van der Waals surface area contributed by atoms with Crippen molar-refractivity contribution in [3.05, 3.63) is 81.7 Å². The first-order valence-electron chi connectivity index (χ1n) is 9.42. The molecule has 0 saturated heterocycles. The highest BCUT2D eigenvalue weighted by molar-refractivity contribution is 5.94. The smallest absolute Gasteiger partial charge is 0.305 e. The van der Waals surface area contributed by atoms with Crippen LogP contribution in [0, 0.1) is 0 Å². The maximum absolute atomic E-state index is 12.4. The van der Waals surface area contributed by atoms with Crippen molar-refractivity contribution in [1.29, 1.82) is 0 Å². The van der Waals surface area contributed by atoms with Crippen LogP contribution in [0.25, 0.3) is 10.4 Å². The zero-order chi connectivity index (χ0) is 22.6. The Morgan fingerprint density at radius 2 is 1.81 bits per heavy atom. The Kier molecular flexibility index (Phi) is 9.03. The highest BCUT2D eigenvalue weighted by Gasteiger charge is 2.19. The van der Waals surface area contributed by atoms with Gasteiger partial charge in [-0.25, -0.2) is 0 Å². The molecular formula is C21H23N5O5. The van der Waals surface area contributed by atoms with Gasteiger partial charge in [0, 0.05) is 36.7 Å². The lowest BCUT2D eigenvalue weighted by Gasteiger charge is -2.16. The summed E-state index contributed by atoms with van der Waals surface area (Å²) in [6, 6.07) is 14.8. The van der Waals surface area contributed by atoms with Gasteiger partial charge in [0.05, 0.1) is 6.42 Å². The molecule has 1 unspecified atom stereocenters. The van der Waals surface area contributed by atoms with Crippen LogP contribution < -0.4 is 10.6 Å². The predicted octanol–water partition coefficient (Wildman–Crippen LogP) is 2.57. The number of carboxylic acids is 1. The van der Waals surface area contributed by atoms with Crippen LogP contribution in [0.5, 0.6) is 0 Å². The monoisotopic (exact) mass is 425 g/mol. The second-order valence-electron chi connectivity index (χ2n) is 6.62. The predicted molar refractivity (Wildman–Crippen MR) is 112 cm³/mol. The summed E-state index contributed by atoms with van der Waals surface area (Å²) in [5, 5.41) is 17.6. The first-order chi connectivity index (χ1) is 14.9. The molecule has 0 spiro atoms. The molecule has 31 heavy (non-hydrogen) atoms. The third-order valence-corrected chi connectivity index (χ3v) is 4.38. The molecule has 10 heteroatoms. The van der Waals surface area contributed by atoms with Gasteiger partial charge in [-0.3, -0.25) is 14.4 Å². The summed E-state index contributed by atoms with van der Waals surface area (Å²) >= 11 is 0. The number of azide groups is 1.